The monoisotopic (exact) mass is 716 g/mol. The lowest BCUT2D eigenvalue weighted by Gasteiger charge is -2.66. The fourth-order valence-corrected chi connectivity index (χ4v) is 17.2. The van der Waals surface area contributed by atoms with Gasteiger partial charge in [0, 0.05) is 72.4 Å². The first-order valence-corrected chi connectivity index (χ1v) is 20.5. The third-order valence-corrected chi connectivity index (χ3v) is 18.0. The summed E-state index contributed by atoms with van der Waals surface area (Å²) in [5, 5.41) is 3.85. The number of para-hydroxylation sites is 2. The highest BCUT2D eigenvalue weighted by Crippen LogP contribution is 2.79. The van der Waals surface area contributed by atoms with Gasteiger partial charge in [0.15, 0.2) is 0 Å². The van der Waals surface area contributed by atoms with Crippen LogP contribution in [0.3, 0.4) is 0 Å². The van der Waals surface area contributed by atoms with Gasteiger partial charge in [0.1, 0.15) is 12.0 Å². The molecule has 10 heterocycles. The summed E-state index contributed by atoms with van der Waals surface area (Å²) in [5.74, 6) is 0.783. The Kier molecular flexibility index (Phi) is 5.17. The Morgan fingerprint density at radius 1 is 0.868 bits per heavy atom. The SMILES string of the molecule is COC(=O)C1=C2Nc3ccccc3C23CCN2[C@H]3[C@]3(CCOC3C[C@@]23C[C@@]24C[C@]56CCOC5CCN5CCC7(c8cccc(OC)c8N([C@H]72)[C@@H]3O4)[C@@H]56)C1. The van der Waals surface area contributed by atoms with Crippen molar-refractivity contribution in [2.45, 2.75) is 116 Å². The normalized spacial score (nSPS) is 49.6. The van der Waals surface area contributed by atoms with Crippen molar-refractivity contribution in [3.8, 4) is 5.75 Å². The Bertz CT molecular complexity index is 2110. The van der Waals surface area contributed by atoms with Crippen molar-refractivity contribution in [3.05, 3.63) is 64.9 Å². The molecule has 14 rings (SSSR count). The third-order valence-electron chi connectivity index (χ3n) is 18.0. The number of ether oxygens (including phenoxy) is 5. The zero-order valence-corrected chi connectivity index (χ0v) is 30.7. The molecule has 0 aromatic heterocycles. The number of hydrogen-bond acceptors (Lipinski definition) is 10. The predicted octanol–water partition coefficient (Wildman–Crippen LogP) is 4.46. The number of anilines is 2. The number of benzene rings is 2. The highest BCUT2D eigenvalue weighted by molar-refractivity contribution is 5.93. The van der Waals surface area contributed by atoms with Crippen LogP contribution in [0, 0.1) is 10.8 Å². The number of rotatable bonds is 2. The Morgan fingerprint density at radius 2 is 1.72 bits per heavy atom. The van der Waals surface area contributed by atoms with E-state index in [2.05, 4.69) is 62.5 Å². The van der Waals surface area contributed by atoms with Gasteiger partial charge >= 0.3 is 5.97 Å². The highest BCUT2D eigenvalue weighted by atomic mass is 16.6. The van der Waals surface area contributed by atoms with E-state index in [1.807, 2.05) is 7.11 Å². The molecule has 10 aliphatic heterocycles. The number of nitrogens with zero attached hydrogens (tertiary/aromatic N) is 3. The number of methoxy groups -OCH3 is 2. The van der Waals surface area contributed by atoms with Crippen LogP contribution < -0.4 is 15.0 Å². The molecular formula is C43H48N4O6. The van der Waals surface area contributed by atoms with Crippen molar-refractivity contribution in [1.29, 1.82) is 0 Å². The molecule has 2 aromatic carbocycles. The molecule has 1 saturated carbocycles. The molecule has 12 atom stereocenters. The van der Waals surface area contributed by atoms with Gasteiger partial charge in [0.2, 0.25) is 0 Å². The summed E-state index contributed by atoms with van der Waals surface area (Å²) in [7, 11) is 3.39. The van der Waals surface area contributed by atoms with Crippen LogP contribution in [-0.2, 0) is 34.6 Å². The second-order valence-corrected chi connectivity index (χ2v) is 19.1. The molecule has 276 valence electrons. The average molecular weight is 717 g/mol. The first-order chi connectivity index (χ1) is 25.9. The van der Waals surface area contributed by atoms with Crippen molar-refractivity contribution in [2.75, 3.05) is 57.3 Å². The molecule has 1 N–H and O–H groups in total. The van der Waals surface area contributed by atoms with Crippen molar-refractivity contribution in [2.24, 2.45) is 10.8 Å². The molecule has 10 nitrogen and oxygen atoms in total. The van der Waals surface area contributed by atoms with Gasteiger partial charge in [-0.15, -0.1) is 0 Å². The summed E-state index contributed by atoms with van der Waals surface area (Å²) < 4.78 is 33.7. The Hall–Kier alpha value is -3.15. The molecular weight excluding hydrogens is 668 g/mol. The lowest BCUT2D eigenvalue weighted by atomic mass is 9.45. The standard InChI is InChI=1S/C43H48N4O6/c1-49-28-9-5-7-26-31(28)47-36-41(22-39-14-19-51-29(39)10-15-45-16-11-43(26,36)34(39)45)23-40(37(47)53-41)21-30-38(13-18-52-30)20-24(33(48)50-2)32-42(12-17-46(40)35(38)42)25-6-3-4-8-27(25)44-32/h3-9,29-30,34-37,44H,10-23H2,1-2H3/t29?,30?,34-,35-,36-,37+,38+,39+,40-,41-,42?,43?/m0/s1. The molecule has 6 spiro atoms. The van der Waals surface area contributed by atoms with Crippen LogP contribution in [0.2, 0.25) is 0 Å². The topological polar surface area (TPSA) is 85.0 Å². The number of hydrogen-bond donors (Lipinski definition) is 1. The number of carbonyl (C=O) groups excluding carboxylic acids is 1. The minimum Gasteiger partial charge on any atom is -0.495 e. The van der Waals surface area contributed by atoms with E-state index >= 15 is 0 Å². The van der Waals surface area contributed by atoms with Crippen LogP contribution in [-0.4, -0.2) is 111 Å². The fourth-order valence-electron chi connectivity index (χ4n) is 17.2. The van der Waals surface area contributed by atoms with Crippen LogP contribution >= 0.6 is 0 Å². The largest absolute Gasteiger partial charge is 0.495 e. The number of fused-ring (bicyclic) bond motifs is 7. The van der Waals surface area contributed by atoms with Gasteiger partial charge in [-0.3, -0.25) is 9.80 Å². The summed E-state index contributed by atoms with van der Waals surface area (Å²) >= 11 is 0. The lowest BCUT2D eigenvalue weighted by molar-refractivity contribution is -0.152. The van der Waals surface area contributed by atoms with E-state index in [4.69, 9.17) is 23.7 Å². The average Bonchev–Trinajstić information content (AvgIpc) is 4.04. The van der Waals surface area contributed by atoms with Crippen molar-refractivity contribution < 1.29 is 28.5 Å². The van der Waals surface area contributed by atoms with E-state index in [1.165, 1.54) is 23.9 Å². The molecule has 10 heteroatoms. The van der Waals surface area contributed by atoms with Gasteiger partial charge < -0.3 is 33.9 Å². The van der Waals surface area contributed by atoms with E-state index < -0.39 is 0 Å². The first-order valence-electron chi connectivity index (χ1n) is 20.5. The van der Waals surface area contributed by atoms with Gasteiger partial charge in [0.05, 0.1) is 60.3 Å². The Balaban J connectivity index is 1.01. The summed E-state index contributed by atoms with van der Waals surface area (Å²) in [4.78, 5) is 22.5. The second-order valence-electron chi connectivity index (χ2n) is 19.1. The maximum Gasteiger partial charge on any atom is 0.335 e. The summed E-state index contributed by atoms with van der Waals surface area (Å²) in [5.41, 5.74) is 6.10. The minimum atomic E-state index is -0.339. The minimum absolute atomic E-state index is 0.0212. The molecule has 0 radical (unpaired) electrons. The quantitative estimate of drug-likeness (QED) is 0.450. The molecule has 4 unspecified atom stereocenters. The van der Waals surface area contributed by atoms with Gasteiger partial charge in [-0.2, -0.15) is 0 Å². The fraction of sp³-hybridized carbons (Fsp3) is 0.651. The number of carbonyl (C=O) groups is 1. The first kappa shape index (κ1) is 30.1. The molecule has 2 bridgehead atoms. The summed E-state index contributed by atoms with van der Waals surface area (Å²) in [6.07, 6.45) is 9.17. The molecule has 8 saturated heterocycles. The molecule has 2 aliphatic carbocycles. The zero-order valence-electron chi connectivity index (χ0n) is 30.7. The molecule has 12 aliphatic rings. The van der Waals surface area contributed by atoms with Crippen molar-refractivity contribution in [3.63, 3.8) is 0 Å². The van der Waals surface area contributed by atoms with E-state index in [0.29, 0.717) is 12.5 Å². The summed E-state index contributed by atoms with van der Waals surface area (Å²) in [6.45, 7) is 4.81. The zero-order chi connectivity index (χ0) is 34.9. The maximum atomic E-state index is 13.8. The maximum absolute atomic E-state index is 13.8. The van der Waals surface area contributed by atoms with Crippen molar-refractivity contribution >= 4 is 17.3 Å². The Labute approximate surface area is 310 Å². The van der Waals surface area contributed by atoms with E-state index in [1.54, 1.807) is 0 Å². The molecule has 53 heavy (non-hydrogen) atoms. The van der Waals surface area contributed by atoms with E-state index in [9.17, 15) is 4.79 Å². The van der Waals surface area contributed by atoms with Gasteiger partial charge in [-0.25, -0.2) is 4.79 Å². The predicted molar refractivity (Wildman–Crippen MR) is 194 cm³/mol. The summed E-state index contributed by atoms with van der Waals surface area (Å²) in [6, 6.07) is 16.6. The Morgan fingerprint density at radius 3 is 2.60 bits per heavy atom. The van der Waals surface area contributed by atoms with Crippen LogP contribution in [0.5, 0.6) is 5.75 Å². The van der Waals surface area contributed by atoms with Gasteiger partial charge in [0.25, 0.3) is 0 Å². The van der Waals surface area contributed by atoms with Crippen LogP contribution in [0.15, 0.2) is 53.7 Å². The molecule has 0 amide bonds. The van der Waals surface area contributed by atoms with Crippen LogP contribution in [0.25, 0.3) is 0 Å². The van der Waals surface area contributed by atoms with Gasteiger partial charge in [-0.1, -0.05) is 30.3 Å². The van der Waals surface area contributed by atoms with Crippen LogP contribution in [0.1, 0.15) is 68.9 Å². The van der Waals surface area contributed by atoms with E-state index in [0.717, 1.165) is 107 Å². The van der Waals surface area contributed by atoms with Crippen molar-refractivity contribution in [1.82, 2.24) is 9.80 Å². The van der Waals surface area contributed by atoms with E-state index in [-0.39, 0.29) is 69.3 Å². The molecule has 9 fully saturated rings. The second kappa shape index (κ2) is 9.10. The number of esters is 1. The van der Waals surface area contributed by atoms with Gasteiger partial charge in [-0.05, 0) is 81.2 Å². The number of piperidine rings is 3. The van der Waals surface area contributed by atoms with Crippen LogP contribution in [0.4, 0.5) is 11.4 Å². The smallest absolute Gasteiger partial charge is 0.335 e. The highest BCUT2D eigenvalue weighted by Gasteiger charge is 2.87. The molecule has 2 aromatic rings. The third kappa shape index (κ3) is 2.85. The number of nitrogens with one attached hydrogen (secondary N) is 1. The lowest BCUT2D eigenvalue weighted by Crippen LogP contribution is -2.79.